The van der Waals surface area contributed by atoms with E-state index in [1.807, 2.05) is 48.5 Å². The van der Waals surface area contributed by atoms with Crippen molar-refractivity contribution in [1.29, 1.82) is 0 Å². The number of aromatic nitrogens is 2. The van der Waals surface area contributed by atoms with Crippen LogP contribution in [0, 0.1) is 0 Å². The zero-order valence-corrected chi connectivity index (χ0v) is 17.7. The van der Waals surface area contributed by atoms with Gasteiger partial charge in [-0.1, -0.05) is 41.5 Å². The van der Waals surface area contributed by atoms with Crippen LogP contribution in [-0.4, -0.2) is 30.8 Å². The molecular weight excluding hydrogens is 430 g/mol. The molecular formula is C23H17N3O5S. The molecule has 0 atom stereocenters. The van der Waals surface area contributed by atoms with E-state index in [9.17, 15) is 13.2 Å². The molecule has 3 aromatic carbocycles. The number of sulfone groups is 1. The number of para-hydroxylation sites is 2. The van der Waals surface area contributed by atoms with Crippen molar-refractivity contribution in [3.8, 4) is 23.0 Å². The van der Waals surface area contributed by atoms with Gasteiger partial charge in [-0.25, -0.2) is 8.42 Å². The standard InChI is InChI=1S/C23H17N3O5S/c1-32(28,29)15-12-10-14(11-13-15)22-25-26-23(31-22)24-21(27)20-16-6-2-4-8-18(16)30-19-9-5-3-7-17(19)20/h2-13,20H,1H3,(H,24,26,27). The number of anilines is 1. The zero-order valence-electron chi connectivity index (χ0n) is 16.8. The molecule has 1 aliphatic heterocycles. The molecule has 5 rings (SSSR count). The Labute approximate surface area is 183 Å². The van der Waals surface area contributed by atoms with E-state index in [0.717, 1.165) is 17.4 Å². The number of benzene rings is 3. The Bertz CT molecular complexity index is 1380. The van der Waals surface area contributed by atoms with Crippen LogP contribution in [0.4, 0.5) is 6.01 Å². The van der Waals surface area contributed by atoms with Crippen molar-refractivity contribution in [2.24, 2.45) is 0 Å². The molecule has 1 N–H and O–H groups in total. The lowest BCUT2D eigenvalue weighted by atomic mass is 9.87. The molecule has 8 nitrogen and oxygen atoms in total. The molecule has 2 heterocycles. The molecule has 9 heteroatoms. The first kappa shape index (κ1) is 20.0. The molecule has 0 saturated carbocycles. The third kappa shape index (κ3) is 3.63. The smallest absolute Gasteiger partial charge is 0.322 e. The SMILES string of the molecule is CS(=O)(=O)c1ccc(-c2nnc(NC(=O)C3c4ccccc4Oc4ccccc43)o2)cc1. The maximum atomic E-state index is 13.2. The van der Waals surface area contributed by atoms with Gasteiger partial charge in [0.15, 0.2) is 9.84 Å². The lowest BCUT2D eigenvalue weighted by Gasteiger charge is -2.26. The second-order valence-corrected chi connectivity index (χ2v) is 9.32. The predicted molar refractivity (Wildman–Crippen MR) is 116 cm³/mol. The summed E-state index contributed by atoms with van der Waals surface area (Å²) in [5.41, 5.74) is 2.01. The normalized spacial score (nSPS) is 13.0. The van der Waals surface area contributed by atoms with Crippen LogP contribution in [0.3, 0.4) is 0 Å². The Kier molecular flexibility index (Phi) is 4.75. The fourth-order valence-electron chi connectivity index (χ4n) is 3.61. The summed E-state index contributed by atoms with van der Waals surface area (Å²) in [4.78, 5) is 13.4. The number of ether oxygens (including phenoxy) is 1. The molecule has 160 valence electrons. The van der Waals surface area contributed by atoms with Crippen molar-refractivity contribution in [3.63, 3.8) is 0 Å². The van der Waals surface area contributed by atoms with Crippen molar-refractivity contribution in [2.75, 3.05) is 11.6 Å². The molecule has 0 unspecified atom stereocenters. The van der Waals surface area contributed by atoms with Gasteiger partial charge in [0.25, 0.3) is 0 Å². The van der Waals surface area contributed by atoms with E-state index in [2.05, 4.69) is 15.5 Å². The maximum absolute atomic E-state index is 13.2. The average molecular weight is 447 g/mol. The molecule has 0 aliphatic carbocycles. The van der Waals surface area contributed by atoms with Crippen molar-refractivity contribution < 1.29 is 22.4 Å². The van der Waals surface area contributed by atoms with Gasteiger partial charge in [-0.15, -0.1) is 5.10 Å². The highest BCUT2D eigenvalue weighted by Crippen LogP contribution is 2.44. The number of nitrogens with zero attached hydrogens (tertiary/aromatic N) is 2. The highest BCUT2D eigenvalue weighted by atomic mass is 32.2. The van der Waals surface area contributed by atoms with Gasteiger partial charge in [-0.3, -0.25) is 10.1 Å². The predicted octanol–water partition coefficient (Wildman–Crippen LogP) is 4.02. The third-order valence-corrected chi connectivity index (χ3v) is 6.26. The minimum Gasteiger partial charge on any atom is -0.457 e. The van der Waals surface area contributed by atoms with Gasteiger partial charge in [0.1, 0.15) is 11.5 Å². The quantitative estimate of drug-likeness (QED) is 0.503. The molecule has 0 fully saturated rings. The first-order valence-corrected chi connectivity index (χ1v) is 11.6. The summed E-state index contributed by atoms with van der Waals surface area (Å²) in [7, 11) is -3.31. The number of carbonyl (C=O) groups is 1. The van der Waals surface area contributed by atoms with E-state index in [0.29, 0.717) is 17.1 Å². The molecule has 4 aromatic rings. The number of amides is 1. The Hall–Kier alpha value is -3.98. The average Bonchev–Trinajstić information content (AvgIpc) is 3.25. The Balaban J connectivity index is 1.42. The van der Waals surface area contributed by atoms with Crippen LogP contribution in [0.2, 0.25) is 0 Å². The summed E-state index contributed by atoms with van der Waals surface area (Å²) in [5.74, 6) is 0.441. The minimum atomic E-state index is -3.31. The van der Waals surface area contributed by atoms with Crippen LogP contribution < -0.4 is 10.1 Å². The van der Waals surface area contributed by atoms with E-state index in [1.165, 1.54) is 12.1 Å². The van der Waals surface area contributed by atoms with E-state index >= 15 is 0 Å². The molecule has 0 saturated heterocycles. The second-order valence-electron chi connectivity index (χ2n) is 7.31. The van der Waals surface area contributed by atoms with E-state index in [4.69, 9.17) is 9.15 Å². The highest BCUT2D eigenvalue weighted by molar-refractivity contribution is 7.90. The highest BCUT2D eigenvalue weighted by Gasteiger charge is 2.33. The van der Waals surface area contributed by atoms with Gasteiger partial charge in [0.05, 0.1) is 10.8 Å². The number of fused-ring (bicyclic) bond motifs is 2. The third-order valence-electron chi connectivity index (χ3n) is 5.13. The van der Waals surface area contributed by atoms with Crippen molar-refractivity contribution in [3.05, 3.63) is 83.9 Å². The summed E-state index contributed by atoms with van der Waals surface area (Å²) in [5, 5.41) is 10.6. The van der Waals surface area contributed by atoms with Gasteiger partial charge in [0.2, 0.25) is 11.8 Å². The largest absolute Gasteiger partial charge is 0.457 e. The van der Waals surface area contributed by atoms with Gasteiger partial charge in [-0.05, 0) is 36.4 Å². The van der Waals surface area contributed by atoms with Crippen LogP contribution in [0.1, 0.15) is 17.0 Å². The van der Waals surface area contributed by atoms with E-state index in [1.54, 1.807) is 12.1 Å². The van der Waals surface area contributed by atoms with Gasteiger partial charge in [-0.2, -0.15) is 0 Å². The van der Waals surface area contributed by atoms with Crippen LogP contribution in [0.5, 0.6) is 11.5 Å². The summed E-state index contributed by atoms with van der Waals surface area (Å²) < 4.78 is 34.8. The van der Waals surface area contributed by atoms with Crippen LogP contribution >= 0.6 is 0 Å². The number of rotatable bonds is 4. The van der Waals surface area contributed by atoms with Crippen molar-refractivity contribution >= 4 is 21.8 Å². The molecule has 1 amide bonds. The summed E-state index contributed by atoms with van der Waals surface area (Å²) in [6.45, 7) is 0. The lowest BCUT2D eigenvalue weighted by molar-refractivity contribution is -0.117. The lowest BCUT2D eigenvalue weighted by Crippen LogP contribution is -2.25. The van der Waals surface area contributed by atoms with Crippen LogP contribution in [0.25, 0.3) is 11.5 Å². The Morgan fingerprint density at radius 1 is 0.875 bits per heavy atom. The minimum absolute atomic E-state index is 0.0568. The van der Waals surface area contributed by atoms with E-state index in [-0.39, 0.29) is 22.7 Å². The number of carbonyl (C=O) groups excluding carboxylic acids is 1. The molecule has 1 aliphatic rings. The molecule has 0 radical (unpaired) electrons. The fourth-order valence-corrected chi connectivity index (χ4v) is 4.24. The van der Waals surface area contributed by atoms with Gasteiger partial charge < -0.3 is 9.15 Å². The number of nitrogens with one attached hydrogen (secondary N) is 1. The molecule has 0 bridgehead atoms. The van der Waals surface area contributed by atoms with Crippen LogP contribution in [-0.2, 0) is 14.6 Å². The number of hydrogen-bond donors (Lipinski definition) is 1. The van der Waals surface area contributed by atoms with Crippen molar-refractivity contribution in [1.82, 2.24) is 10.2 Å². The Morgan fingerprint density at radius 3 is 2.06 bits per heavy atom. The van der Waals surface area contributed by atoms with Gasteiger partial charge in [0, 0.05) is 22.9 Å². The van der Waals surface area contributed by atoms with Crippen molar-refractivity contribution in [2.45, 2.75) is 10.8 Å². The summed E-state index contributed by atoms with van der Waals surface area (Å²) in [6, 6.07) is 20.7. The maximum Gasteiger partial charge on any atom is 0.322 e. The zero-order chi connectivity index (χ0) is 22.3. The van der Waals surface area contributed by atoms with Crippen LogP contribution in [0.15, 0.2) is 82.1 Å². The summed E-state index contributed by atoms with van der Waals surface area (Å²) >= 11 is 0. The molecule has 32 heavy (non-hydrogen) atoms. The second kappa shape index (κ2) is 7.61. The molecule has 1 aromatic heterocycles. The first-order valence-electron chi connectivity index (χ1n) is 9.71. The topological polar surface area (TPSA) is 111 Å². The Morgan fingerprint density at radius 2 is 1.47 bits per heavy atom. The summed E-state index contributed by atoms with van der Waals surface area (Å²) in [6.07, 6.45) is 1.13. The monoisotopic (exact) mass is 447 g/mol. The van der Waals surface area contributed by atoms with Gasteiger partial charge >= 0.3 is 6.01 Å². The van der Waals surface area contributed by atoms with E-state index < -0.39 is 15.8 Å². The molecule has 0 spiro atoms. The number of hydrogen-bond acceptors (Lipinski definition) is 7. The first-order chi connectivity index (χ1) is 15.4. The fraction of sp³-hybridized carbons (Fsp3) is 0.0870.